The molecule has 4 fully saturated rings. The van der Waals surface area contributed by atoms with Crippen LogP contribution < -0.4 is 0 Å². The number of hydrogen-bond donors (Lipinski definition) is 0. The van der Waals surface area contributed by atoms with Crippen LogP contribution in [0.1, 0.15) is 57.4 Å². The molecule has 2 heteroatoms. The van der Waals surface area contributed by atoms with Crippen LogP contribution in [0.2, 0.25) is 0 Å². The highest BCUT2D eigenvalue weighted by atomic mass is 15.2. The monoisotopic (exact) mass is 352 g/mol. The fourth-order valence-corrected chi connectivity index (χ4v) is 7.52. The molecule has 142 valence electrons. The van der Waals surface area contributed by atoms with Gasteiger partial charge in [-0.25, -0.2) is 0 Å². The van der Waals surface area contributed by atoms with Crippen LogP contribution in [0.25, 0.3) is 0 Å². The molecule has 0 N–H and O–H groups in total. The minimum Gasteiger partial charge on any atom is -0.303 e. The predicted molar refractivity (Wildman–Crippen MR) is 108 cm³/mol. The first-order chi connectivity index (χ1) is 12.7. The molecule has 0 unspecified atom stereocenters. The van der Waals surface area contributed by atoms with E-state index in [1.54, 1.807) is 0 Å². The summed E-state index contributed by atoms with van der Waals surface area (Å²) in [5.41, 5.74) is 1.99. The number of likely N-dealkylation sites (tertiary alicyclic amines) is 2. The molecule has 0 radical (unpaired) electrons. The lowest BCUT2D eigenvalue weighted by molar-refractivity contribution is -0.138. The Morgan fingerprint density at radius 3 is 2.77 bits per heavy atom. The number of hydrogen-bond acceptors (Lipinski definition) is 2. The van der Waals surface area contributed by atoms with Crippen molar-refractivity contribution in [3.63, 3.8) is 0 Å². The molecule has 2 saturated carbocycles. The lowest BCUT2D eigenvalue weighted by atomic mass is 9.53. The Morgan fingerprint density at radius 1 is 1.08 bits per heavy atom. The Kier molecular flexibility index (Phi) is 4.40. The zero-order valence-electron chi connectivity index (χ0n) is 16.7. The maximum atomic E-state index is 2.94. The summed E-state index contributed by atoms with van der Waals surface area (Å²) in [7, 11) is 2.43. The molecule has 0 aromatic heterocycles. The second kappa shape index (κ2) is 6.63. The van der Waals surface area contributed by atoms with E-state index in [0.717, 1.165) is 36.3 Å². The van der Waals surface area contributed by atoms with Crippen LogP contribution in [0.3, 0.4) is 0 Å². The van der Waals surface area contributed by atoms with Gasteiger partial charge in [0.25, 0.3) is 0 Å². The Morgan fingerprint density at radius 2 is 1.92 bits per heavy atom. The van der Waals surface area contributed by atoms with Crippen molar-refractivity contribution in [2.24, 2.45) is 23.7 Å². The van der Waals surface area contributed by atoms with Crippen LogP contribution in [0.5, 0.6) is 0 Å². The van der Waals surface area contributed by atoms with Gasteiger partial charge >= 0.3 is 0 Å². The molecule has 0 amide bonds. The van der Waals surface area contributed by atoms with Gasteiger partial charge in [0.05, 0.1) is 0 Å². The molecular formula is C24H36N2. The second-order valence-corrected chi connectivity index (χ2v) is 10.1. The summed E-state index contributed by atoms with van der Waals surface area (Å²) in [5, 5.41) is 0. The summed E-state index contributed by atoms with van der Waals surface area (Å²) in [6.45, 7) is 6.33. The largest absolute Gasteiger partial charge is 0.303 e. The number of piperidine rings is 2. The first-order valence-electron chi connectivity index (χ1n) is 11.1. The summed E-state index contributed by atoms with van der Waals surface area (Å²) in [6, 6.07) is 12.1. The van der Waals surface area contributed by atoms with Crippen LogP contribution in [-0.4, -0.2) is 41.5 Å². The third-order valence-electron chi connectivity index (χ3n) is 8.59. The molecule has 1 spiro atoms. The smallest absolute Gasteiger partial charge is 0.0256 e. The highest BCUT2D eigenvalue weighted by Gasteiger charge is 2.57. The van der Waals surface area contributed by atoms with Crippen LogP contribution in [-0.2, 0) is 6.54 Å². The SMILES string of the molecule is C[C@@H]1C[C@H]2C[C@]3(CCCCN3Cc3ccccc3)[C@@H]3C[C@H]2[C@H](C1)N(C)C3. The first-order valence-corrected chi connectivity index (χ1v) is 11.1. The molecule has 2 aliphatic heterocycles. The lowest BCUT2D eigenvalue weighted by Gasteiger charge is -2.64. The molecule has 1 aromatic rings. The first kappa shape index (κ1) is 17.3. The van der Waals surface area contributed by atoms with Crippen molar-refractivity contribution in [2.75, 3.05) is 20.1 Å². The second-order valence-electron chi connectivity index (χ2n) is 10.1. The van der Waals surface area contributed by atoms with Gasteiger partial charge in [0, 0.05) is 24.7 Å². The number of fused-ring (bicyclic) bond motifs is 2. The van der Waals surface area contributed by atoms with E-state index in [4.69, 9.17) is 0 Å². The number of rotatable bonds is 2. The van der Waals surface area contributed by atoms with Crippen LogP contribution in [0.15, 0.2) is 30.3 Å². The quantitative estimate of drug-likeness (QED) is 0.754. The molecule has 2 nitrogen and oxygen atoms in total. The van der Waals surface area contributed by atoms with E-state index in [0.29, 0.717) is 5.54 Å². The fraction of sp³-hybridized carbons (Fsp3) is 0.750. The Labute approximate surface area is 159 Å². The van der Waals surface area contributed by atoms with Crippen molar-refractivity contribution in [3.8, 4) is 0 Å². The fourth-order valence-electron chi connectivity index (χ4n) is 7.52. The maximum absolute atomic E-state index is 2.94. The topological polar surface area (TPSA) is 6.48 Å². The van der Waals surface area contributed by atoms with E-state index in [1.807, 2.05) is 0 Å². The van der Waals surface area contributed by atoms with E-state index in [9.17, 15) is 0 Å². The number of benzene rings is 1. The minimum atomic E-state index is 0.478. The third kappa shape index (κ3) is 2.76. The standard InChI is InChI=1S/C24H36N2/c1-18-12-20-15-24(21-14-22(20)23(13-18)25(2)17-21)10-6-7-11-26(24)16-19-8-4-3-5-9-19/h3-5,8-9,18,20-23H,6-7,10-17H2,1-2H3/t18-,20+,21-,22-,23+,24-/m1/s1. The molecule has 6 atom stereocenters. The molecule has 2 saturated heterocycles. The van der Waals surface area contributed by atoms with E-state index in [-0.39, 0.29) is 0 Å². The van der Waals surface area contributed by atoms with Crippen LogP contribution in [0.4, 0.5) is 0 Å². The summed E-state index contributed by atoms with van der Waals surface area (Å²) in [6.07, 6.45) is 10.2. The summed E-state index contributed by atoms with van der Waals surface area (Å²) in [4.78, 5) is 5.72. The van der Waals surface area contributed by atoms with Gasteiger partial charge in [-0.15, -0.1) is 0 Å². The number of nitrogens with zero attached hydrogens (tertiary/aromatic N) is 2. The van der Waals surface area contributed by atoms with E-state index in [2.05, 4.69) is 54.1 Å². The average molecular weight is 353 g/mol. The van der Waals surface area contributed by atoms with Crippen molar-refractivity contribution in [1.82, 2.24) is 9.80 Å². The molecule has 2 heterocycles. The van der Waals surface area contributed by atoms with E-state index in [1.165, 1.54) is 63.6 Å². The highest BCUT2D eigenvalue weighted by molar-refractivity contribution is 5.17. The van der Waals surface area contributed by atoms with Crippen molar-refractivity contribution in [1.29, 1.82) is 0 Å². The van der Waals surface area contributed by atoms with Crippen LogP contribution in [0, 0.1) is 23.7 Å². The van der Waals surface area contributed by atoms with Gasteiger partial charge < -0.3 is 4.90 Å². The zero-order chi connectivity index (χ0) is 17.7. The average Bonchev–Trinajstić information content (AvgIpc) is 2.64. The van der Waals surface area contributed by atoms with Gasteiger partial charge in [-0.05, 0) is 81.4 Å². The molecule has 2 aliphatic carbocycles. The van der Waals surface area contributed by atoms with Crippen LogP contribution >= 0.6 is 0 Å². The maximum Gasteiger partial charge on any atom is 0.0256 e. The molecule has 2 bridgehead atoms. The van der Waals surface area contributed by atoms with Gasteiger partial charge in [0.15, 0.2) is 0 Å². The van der Waals surface area contributed by atoms with Crippen molar-refractivity contribution < 1.29 is 0 Å². The zero-order valence-corrected chi connectivity index (χ0v) is 16.7. The Hall–Kier alpha value is -0.860. The van der Waals surface area contributed by atoms with Gasteiger partial charge in [-0.3, -0.25) is 4.90 Å². The molecule has 5 rings (SSSR count). The van der Waals surface area contributed by atoms with Gasteiger partial charge in [-0.2, -0.15) is 0 Å². The van der Waals surface area contributed by atoms with Crippen molar-refractivity contribution in [2.45, 2.75) is 70.0 Å². The summed E-state index contributed by atoms with van der Waals surface area (Å²) < 4.78 is 0. The van der Waals surface area contributed by atoms with Gasteiger partial charge in [0.1, 0.15) is 0 Å². The molecular weight excluding hydrogens is 316 g/mol. The Bertz CT molecular complexity index is 628. The van der Waals surface area contributed by atoms with Crippen molar-refractivity contribution in [3.05, 3.63) is 35.9 Å². The minimum absolute atomic E-state index is 0.478. The molecule has 26 heavy (non-hydrogen) atoms. The lowest BCUT2D eigenvalue weighted by Crippen LogP contribution is -2.67. The summed E-state index contributed by atoms with van der Waals surface area (Å²) >= 11 is 0. The molecule has 1 aromatic carbocycles. The van der Waals surface area contributed by atoms with Crippen molar-refractivity contribution >= 4 is 0 Å². The van der Waals surface area contributed by atoms with E-state index < -0.39 is 0 Å². The van der Waals surface area contributed by atoms with E-state index >= 15 is 0 Å². The predicted octanol–water partition coefficient (Wildman–Crippen LogP) is 4.80. The highest BCUT2D eigenvalue weighted by Crippen LogP contribution is 2.56. The third-order valence-corrected chi connectivity index (χ3v) is 8.59. The normalized spacial score (nSPS) is 43.5. The Balaban J connectivity index is 1.47. The molecule has 4 aliphatic rings. The summed E-state index contributed by atoms with van der Waals surface area (Å²) in [5.74, 6) is 3.77. The van der Waals surface area contributed by atoms with Gasteiger partial charge in [-0.1, -0.05) is 43.7 Å². The van der Waals surface area contributed by atoms with Gasteiger partial charge in [0.2, 0.25) is 0 Å².